The van der Waals surface area contributed by atoms with Crippen LogP contribution in [-0.2, 0) is 4.79 Å². The van der Waals surface area contributed by atoms with E-state index in [0.29, 0.717) is 11.3 Å². The molecule has 46 heavy (non-hydrogen) atoms. The highest BCUT2D eigenvalue weighted by Gasteiger charge is 2.59. The first-order chi connectivity index (χ1) is 22.7. The third kappa shape index (κ3) is 5.04. The molecule has 0 spiro atoms. The van der Waals surface area contributed by atoms with Crippen LogP contribution in [0.2, 0.25) is 11.1 Å². The molecule has 3 heteroatoms. The summed E-state index contributed by atoms with van der Waals surface area (Å²) in [4.78, 5) is 14.1. The van der Waals surface area contributed by atoms with Crippen LogP contribution in [0.3, 0.4) is 0 Å². The Morgan fingerprint density at radius 2 is 0.674 bits per heavy atom. The summed E-state index contributed by atoms with van der Waals surface area (Å²) < 4.78 is 0. The maximum atomic E-state index is 14.1. The Morgan fingerprint density at radius 1 is 0.413 bits per heavy atom. The van der Waals surface area contributed by atoms with Crippen molar-refractivity contribution in [2.24, 2.45) is 5.92 Å². The summed E-state index contributed by atoms with van der Waals surface area (Å²) in [5.74, 6) is 0.282. The predicted molar refractivity (Wildman–Crippen MR) is 199 cm³/mol. The van der Waals surface area contributed by atoms with Crippen molar-refractivity contribution in [1.29, 1.82) is 0 Å². The minimum absolute atomic E-state index is 0.0414. The molecule has 7 rings (SSSR count). The molecular formula is C43H40OSi2. The van der Waals surface area contributed by atoms with Crippen LogP contribution < -0.4 is 31.1 Å². The molecule has 0 bridgehead atoms. The molecular weight excluding hydrogens is 589 g/mol. The van der Waals surface area contributed by atoms with Crippen LogP contribution in [0.15, 0.2) is 182 Å². The average Bonchev–Trinajstić information content (AvgIpc) is 3.58. The van der Waals surface area contributed by atoms with Crippen LogP contribution in [0, 0.1) is 5.92 Å². The van der Waals surface area contributed by atoms with Crippen LogP contribution in [0.1, 0.15) is 19.8 Å². The molecule has 6 aromatic rings. The minimum atomic E-state index is -2.74. The lowest BCUT2D eigenvalue weighted by molar-refractivity contribution is -0.120. The molecule has 0 unspecified atom stereocenters. The largest absolute Gasteiger partial charge is 0.300 e. The van der Waals surface area contributed by atoms with Crippen LogP contribution in [-0.4, -0.2) is 21.9 Å². The number of benzene rings is 6. The van der Waals surface area contributed by atoms with Gasteiger partial charge in [0.1, 0.15) is 5.78 Å². The van der Waals surface area contributed by atoms with Gasteiger partial charge in [0.2, 0.25) is 0 Å². The fourth-order valence-electron chi connectivity index (χ4n) is 8.87. The highest BCUT2D eigenvalue weighted by atomic mass is 28.3. The normalized spacial score (nSPS) is 18.2. The van der Waals surface area contributed by atoms with Gasteiger partial charge in [-0.2, -0.15) is 0 Å². The average molecular weight is 629 g/mol. The summed E-state index contributed by atoms with van der Waals surface area (Å²) in [5, 5.41) is 8.42. The zero-order chi connectivity index (χ0) is 31.4. The molecule has 0 radical (unpaired) electrons. The molecule has 1 saturated carbocycles. The van der Waals surface area contributed by atoms with Crippen LogP contribution in [0.5, 0.6) is 0 Å². The number of ketones is 1. The van der Waals surface area contributed by atoms with Gasteiger partial charge in [0.05, 0.1) is 0 Å². The lowest BCUT2D eigenvalue weighted by Crippen LogP contribution is -2.71. The smallest absolute Gasteiger partial charge is 0.151 e. The minimum Gasteiger partial charge on any atom is -0.300 e. The standard InChI is InChI=1S/C43H40OSi2/c1-34(44)42-32-41(45(35-20-8-2-9-21-35,36-22-10-3-11-23-36)37-24-12-4-13-25-37)33-43(42)46(38-26-14-5-15-27-38,39-28-16-6-17-29-39)40-30-18-7-19-31-40/h2-31,41-43H,32-33H2,1H3/t41-,42+,43-/m0/s1. The van der Waals surface area contributed by atoms with Gasteiger partial charge in [0.15, 0.2) is 16.1 Å². The first-order valence-electron chi connectivity index (χ1n) is 16.5. The van der Waals surface area contributed by atoms with E-state index in [0.717, 1.165) is 12.8 Å². The van der Waals surface area contributed by atoms with Crippen LogP contribution >= 0.6 is 0 Å². The molecule has 0 saturated heterocycles. The Kier molecular flexibility index (Phi) is 8.53. The number of carbonyl (C=O) groups is 1. The van der Waals surface area contributed by atoms with Crippen molar-refractivity contribution in [2.45, 2.75) is 30.8 Å². The zero-order valence-electron chi connectivity index (χ0n) is 26.4. The van der Waals surface area contributed by atoms with E-state index in [2.05, 4.69) is 182 Å². The summed E-state index contributed by atoms with van der Waals surface area (Å²) in [6.45, 7) is 1.86. The van der Waals surface area contributed by atoms with Gasteiger partial charge >= 0.3 is 0 Å². The monoisotopic (exact) mass is 628 g/mol. The molecule has 0 aliphatic heterocycles. The first kappa shape index (κ1) is 30.1. The molecule has 1 nitrogen and oxygen atoms in total. The number of hydrogen-bond donors (Lipinski definition) is 0. The van der Waals surface area contributed by atoms with Crippen LogP contribution in [0.4, 0.5) is 0 Å². The van der Waals surface area contributed by atoms with Gasteiger partial charge in [-0.05, 0) is 62.0 Å². The van der Waals surface area contributed by atoms with E-state index >= 15 is 0 Å². The van der Waals surface area contributed by atoms with Gasteiger partial charge < -0.3 is 0 Å². The molecule has 1 aliphatic rings. The molecule has 1 fully saturated rings. The van der Waals surface area contributed by atoms with E-state index in [9.17, 15) is 4.79 Å². The highest BCUT2D eigenvalue weighted by Crippen LogP contribution is 2.52. The predicted octanol–water partition coefficient (Wildman–Crippen LogP) is 6.07. The summed E-state index contributed by atoms with van der Waals surface area (Å²) in [7, 11) is -5.37. The van der Waals surface area contributed by atoms with Crippen molar-refractivity contribution in [3.05, 3.63) is 182 Å². The summed E-state index contributed by atoms with van der Waals surface area (Å²) in [6, 6.07) is 67.3. The lowest BCUT2D eigenvalue weighted by atomic mass is 10.0. The van der Waals surface area contributed by atoms with Crippen molar-refractivity contribution >= 4 is 53.1 Å². The Morgan fingerprint density at radius 3 is 0.935 bits per heavy atom. The van der Waals surface area contributed by atoms with E-state index in [-0.39, 0.29) is 11.5 Å². The zero-order valence-corrected chi connectivity index (χ0v) is 28.4. The maximum absolute atomic E-state index is 14.1. The van der Waals surface area contributed by atoms with Gasteiger partial charge in [-0.3, -0.25) is 4.79 Å². The van der Waals surface area contributed by atoms with Crippen molar-refractivity contribution in [3.8, 4) is 0 Å². The molecule has 6 aromatic carbocycles. The van der Waals surface area contributed by atoms with Gasteiger partial charge in [0.25, 0.3) is 0 Å². The third-order valence-corrected chi connectivity index (χ3v) is 21.5. The molecule has 226 valence electrons. The Balaban J connectivity index is 1.53. The number of carbonyl (C=O) groups excluding carboxylic acids is 1. The van der Waals surface area contributed by atoms with E-state index < -0.39 is 16.1 Å². The topological polar surface area (TPSA) is 17.1 Å². The third-order valence-electron chi connectivity index (χ3n) is 10.6. The SMILES string of the molecule is CC(=O)[C@H]1C[C@H]([Si](c2ccccc2)(c2ccccc2)c2ccccc2)C[C@@H]1[Si](c1ccccc1)(c1ccccc1)c1ccccc1. The van der Waals surface area contributed by atoms with E-state index in [1.807, 2.05) is 6.92 Å². The number of hydrogen-bond acceptors (Lipinski definition) is 1. The quantitative estimate of drug-likeness (QED) is 0.140. The highest BCUT2D eigenvalue weighted by molar-refractivity contribution is 7.14. The van der Waals surface area contributed by atoms with Gasteiger partial charge in [-0.15, -0.1) is 0 Å². The van der Waals surface area contributed by atoms with Crippen molar-refractivity contribution < 1.29 is 4.79 Å². The molecule has 0 heterocycles. The van der Waals surface area contributed by atoms with E-state index in [4.69, 9.17) is 0 Å². The maximum Gasteiger partial charge on any atom is 0.151 e. The summed E-state index contributed by atoms with van der Waals surface area (Å²) in [5.41, 5.74) is 0.534. The van der Waals surface area contributed by atoms with E-state index in [1.54, 1.807) is 0 Å². The van der Waals surface area contributed by atoms with Gasteiger partial charge in [-0.25, -0.2) is 0 Å². The van der Waals surface area contributed by atoms with Crippen molar-refractivity contribution in [3.63, 3.8) is 0 Å². The second-order valence-corrected chi connectivity index (χ2v) is 21.1. The second kappa shape index (κ2) is 13.0. The molecule has 0 amide bonds. The first-order valence-corrected chi connectivity index (χ1v) is 20.7. The Labute approximate surface area is 275 Å². The lowest BCUT2D eigenvalue weighted by Gasteiger charge is -2.42. The molecule has 0 aromatic heterocycles. The van der Waals surface area contributed by atoms with Crippen molar-refractivity contribution in [1.82, 2.24) is 0 Å². The van der Waals surface area contributed by atoms with Gasteiger partial charge in [0, 0.05) is 5.92 Å². The van der Waals surface area contributed by atoms with Gasteiger partial charge in [-0.1, -0.05) is 182 Å². The Hall–Kier alpha value is -4.58. The Bertz CT molecular complexity index is 1670. The summed E-state index contributed by atoms with van der Waals surface area (Å²) >= 11 is 0. The fourth-order valence-corrected chi connectivity index (χ4v) is 20.9. The van der Waals surface area contributed by atoms with Crippen molar-refractivity contribution in [2.75, 3.05) is 0 Å². The molecule has 1 aliphatic carbocycles. The molecule has 0 N–H and O–H groups in total. The number of rotatable bonds is 9. The van der Waals surface area contributed by atoms with E-state index in [1.165, 1.54) is 31.1 Å². The summed E-state index contributed by atoms with van der Waals surface area (Å²) in [6.07, 6.45) is 1.90. The fraction of sp³-hybridized carbons (Fsp3) is 0.140. The molecule has 3 atom stereocenters. The number of Topliss-reactive ketones (excluding diaryl/α,β-unsaturated/α-hetero) is 1. The second-order valence-electron chi connectivity index (χ2n) is 12.8. The van der Waals surface area contributed by atoms with Crippen LogP contribution in [0.25, 0.3) is 0 Å².